The molecule has 0 radical (unpaired) electrons. The highest BCUT2D eigenvalue weighted by molar-refractivity contribution is 5.68. The Kier molecular flexibility index (Phi) is 4.41. The molecule has 0 saturated heterocycles. The van der Waals surface area contributed by atoms with E-state index in [4.69, 9.17) is 15.7 Å². The second-order valence-electron chi connectivity index (χ2n) is 4.72. The number of rotatable bonds is 4. The van der Waals surface area contributed by atoms with Crippen LogP contribution in [0.5, 0.6) is 0 Å². The lowest BCUT2D eigenvalue weighted by atomic mass is 9.86. The molecule has 0 aliphatic heterocycles. The summed E-state index contributed by atoms with van der Waals surface area (Å²) < 4.78 is 5.07. The molecule has 1 aromatic rings. The van der Waals surface area contributed by atoms with Gasteiger partial charge in [-0.15, -0.1) is 0 Å². The molecule has 1 fully saturated rings. The first-order chi connectivity index (χ1) is 9.56. The summed E-state index contributed by atoms with van der Waals surface area (Å²) in [5.74, 6) is 5.34. The van der Waals surface area contributed by atoms with Crippen LogP contribution in [0.1, 0.15) is 18.4 Å². The Morgan fingerprint density at radius 2 is 2.00 bits per heavy atom. The fraction of sp³-hybridized carbons (Fsp3) is 0.385. The number of ether oxygens (including phenoxy) is 1. The van der Waals surface area contributed by atoms with E-state index in [-0.39, 0.29) is 18.7 Å². The lowest BCUT2D eigenvalue weighted by Crippen LogP contribution is -2.57. The van der Waals surface area contributed by atoms with E-state index in [0.29, 0.717) is 12.8 Å². The van der Waals surface area contributed by atoms with E-state index in [1.165, 1.54) is 0 Å². The summed E-state index contributed by atoms with van der Waals surface area (Å²) in [5.41, 5.74) is 0.910. The van der Waals surface area contributed by atoms with Crippen molar-refractivity contribution in [3.05, 3.63) is 35.9 Å². The number of amides is 2. The second kappa shape index (κ2) is 6.25. The van der Waals surface area contributed by atoms with Crippen LogP contribution in [0, 0.1) is 0 Å². The first-order valence-electron chi connectivity index (χ1n) is 6.30. The predicted octanol–water partition coefficient (Wildman–Crippen LogP) is 1.30. The van der Waals surface area contributed by atoms with Crippen molar-refractivity contribution in [2.75, 3.05) is 0 Å². The van der Waals surface area contributed by atoms with Gasteiger partial charge in [0.1, 0.15) is 6.61 Å². The van der Waals surface area contributed by atoms with Gasteiger partial charge in [-0.25, -0.2) is 20.4 Å². The molecule has 7 nitrogen and oxygen atoms in total. The maximum atomic E-state index is 11.5. The van der Waals surface area contributed by atoms with Crippen molar-refractivity contribution in [2.45, 2.75) is 31.5 Å². The van der Waals surface area contributed by atoms with Crippen molar-refractivity contribution in [3.8, 4) is 0 Å². The lowest BCUT2D eigenvalue weighted by Gasteiger charge is -2.39. The summed E-state index contributed by atoms with van der Waals surface area (Å²) in [5, 5.41) is 12.1. The van der Waals surface area contributed by atoms with Crippen LogP contribution >= 0.6 is 0 Å². The van der Waals surface area contributed by atoms with Crippen molar-refractivity contribution in [2.24, 2.45) is 5.84 Å². The molecule has 1 aromatic carbocycles. The van der Waals surface area contributed by atoms with Crippen LogP contribution in [0.25, 0.3) is 0 Å². The molecule has 7 heteroatoms. The molecule has 0 unspecified atom stereocenters. The molecule has 2 amide bonds. The molecular formula is C13H17N3O4. The Balaban J connectivity index is 1.66. The maximum absolute atomic E-state index is 11.5. The third-order valence-electron chi connectivity index (χ3n) is 3.26. The van der Waals surface area contributed by atoms with Crippen LogP contribution in [-0.4, -0.2) is 34.4 Å². The van der Waals surface area contributed by atoms with Gasteiger partial charge in [-0.3, -0.25) is 0 Å². The number of hydrogen-bond acceptors (Lipinski definition) is 4. The Morgan fingerprint density at radius 3 is 2.60 bits per heavy atom. The minimum absolute atomic E-state index is 0.0892. The van der Waals surface area contributed by atoms with Gasteiger partial charge in [0.2, 0.25) is 0 Å². The van der Waals surface area contributed by atoms with Crippen LogP contribution in [0.4, 0.5) is 9.59 Å². The zero-order chi connectivity index (χ0) is 14.5. The summed E-state index contributed by atoms with van der Waals surface area (Å²) in [4.78, 5) is 22.1. The molecule has 4 N–H and O–H groups in total. The van der Waals surface area contributed by atoms with Crippen LogP contribution in [0.2, 0.25) is 0 Å². The average Bonchev–Trinajstić information content (AvgIpc) is 2.40. The van der Waals surface area contributed by atoms with Gasteiger partial charge in [-0.05, 0) is 18.4 Å². The highest BCUT2D eigenvalue weighted by Crippen LogP contribution is 2.23. The lowest BCUT2D eigenvalue weighted by molar-refractivity contribution is 0.0758. The van der Waals surface area contributed by atoms with E-state index < -0.39 is 12.2 Å². The number of hydrazine groups is 1. The Hall–Kier alpha value is -2.28. The second-order valence-corrected chi connectivity index (χ2v) is 4.72. The summed E-state index contributed by atoms with van der Waals surface area (Å²) >= 11 is 0. The largest absolute Gasteiger partial charge is 0.464 e. The molecule has 0 aromatic heterocycles. The average molecular weight is 279 g/mol. The van der Waals surface area contributed by atoms with E-state index in [2.05, 4.69) is 5.32 Å². The van der Waals surface area contributed by atoms with Gasteiger partial charge >= 0.3 is 12.2 Å². The molecule has 0 bridgehead atoms. The number of nitrogens with two attached hydrogens (primary N) is 1. The Morgan fingerprint density at radius 1 is 1.35 bits per heavy atom. The van der Waals surface area contributed by atoms with Gasteiger partial charge in [0.05, 0.1) is 6.04 Å². The molecule has 1 saturated carbocycles. The topological polar surface area (TPSA) is 105 Å². The van der Waals surface area contributed by atoms with E-state index in [0.717, 1.165) is 10.6 Å². The van der Waals surface area contributed by atoms with Crippen molar-refractivity contribution in [1.29, 1.82) is 0 Å². The van der Waals surface area contributed by atoms with E-state index in [1.807, 2.05) is 30.3 Å². The molecule has 20 heavy (non-hydrogen) atoms. The number of benzene rings is 1. The van der Waals surface area contributed by atoms with Crippen LogP contribution in [0.3, 0.4) is 0 Å². The van der Waals surface area contributed by atoms with Crippen molar-refractivity contribution in [1.82, 2.24) is 10.3 Å². The molecule has 108 valence electrons. The number of carbonyl (C=O) groups excluding carboxylic acids is 1. The highest BCUT2D eigenvalue weighted by Gasteiger charge is 2.36. The molecule has 2 rings (SSSR count). The fourth-order valence-corrected chi connectivity index (χ4v) is 2.02. The number of nitrogens with one attached hydrogen (secondary N) is 1. The van der Waals surface area contributed by atoms with Gasteiger partial charge in [0.25, 0.3) is 0 Å². The number of alkyl carbamates (subject to hydrolysis) is 1. The van der Waals surface area contributed by atoms with E-state index in [9.17, 15) is 9.59 Å². The summed E-state index contributed by atoms with van der Waals surface area (Å²) in [7, 11) is 0. The van der Waals surface area contributed by atoms with Crippen molar-refractivity contribution >= 4 is 12.2 Å². The monoisotopic (exact) mass is 279 g/mol. The number of hydrogen-bond donors (Lipinski definition) is 3. The quantitative estimate of drug-likeness (QED) is 0.437. The van der Waals surface area contributed by atoms with Gasteiger partial charge < -0.3 is 15.2 Å². The first-order valence-corrected chi connectivity index (χ1v) is 6.30. The molecule has 1 aliphatic rings. The molecular weight excluding hydrogens is 262 g/mol. The third kappa shape index (κ3) is 3.61. The first kappa shape index (κ1) is 14.1. The van der Waals surface area contributed by atoms with Gasteiger partial charge in [0, 0.05) is 6.04 Å². The van der Waals surface area contributed by atoms with Gasteiger partial charge in [0.15, 0.2) is 0 Å². The van der Waals surface area contributed by atoms with Crippen LogP contribution in [-0.2, 0) is 11.3 Å². The van der Waals surface area contributed by atoms with Crippen molar-refractivity contribution < 1.29 is 19.4 Å². The maximum Gasteiger partial charge on any atom is 0.421 e. The zero-order valence-electron chi connectivity index (χ0n) is 10.9. The molecule has 0 heterocycles. The zero-order valence-corrected chi connectivity index (χ0v) is 10.9. The van der Waals surface area contributed by atoms with Gasteiger partial charge in [-0.2, -0.15) is 0 Å². The van der Waals surface area contributed by atoms with E-state index >= 15 is 0 Å². The summed E-state index contributed by atoms with van der Waals surface area (Å²) in [6.07, 6.45) is -0.664. The molecule has 0 spiro atoms. The predicted molar refractivity (Wildman–Crippen MR) is 70.6 cm³/mol. The smallest absolute Gasteiger partial charge is 0.421 e. The third-order valence-corrected chi connectivity index (χ3v) is 3.26. The van der Waals surface area contributed by atoms with Gasteiger partial charge in [-0.1, -0.05) is 30.3 Å². The van der Waals surface area contributed by atoms with Crippen LogP contribution < -0.4 is 11.2 Å². The minimum atomic E-state index is -1.17. The molecule has 1 aliphatic carbocycles. The Labute approximate surface area is 116 Å². The normalized spacial score (nSPS) is 20.6. The van der Waals surface area contributed by atoms with E-state index in [1.54, 1.807) is 0 Å². The summed E-state index contributed by atoms with van der Waals surface area (Å²) in [6.45, 7) is 0.209. The van der Waals surface area contributed by atoms with Crippen molar-refractivity contribution in [3.63, 3.8) is 0 Å². The standard InChI is InChI=1S/C13H17N3O4/c14-16(13(18)19)11-6-10(7-11)15-12(17)20-8-9-4-2-1-3-5-9/h1-5,10-11H,6-8,14H2,(H,15,17)(H,18,19)/t10-,11-. The molecule has 0 atom stereocenters. The fourth-order valence-electron chi connectivity index (χ4n) is 2.02. The number of carbonyl (C=O) groups is 2. The Bertz CT molecular complexity index is 474. The summed E-state index contributed by atoms with van der Waals surface area (Å²) in [6, 6.07) is 9.03. The minimum Gasteiger partial charge on any atom is -0.464 e. The number of nitrogens with zero attached hydrogens (tertiary/aromatic N) is 1. The van der Waals surface area contributed by atoms with Crippen LogP contribution in [0.15, 0.2) is 30.3 Å². The highest BCUT2D eigenvalue weighted by atomic mass is 16.5. The number of carboxylic acid groups (broad SMARTS) is 1. The SMILES string of the molecule is NN(C(=O)O)[C@H]1C[C@H](NC(=O)OCc2ccccc2)C1.